The van der Waals surface area contributed by atoms with E-state index < -0.39 is 12.0 Å². The molecule has 1 N–H and O–H groups in total. The number of para-hydroxylation sites is 1. The van der Waals surface area contributed by atoms with Gasteiger partial charge in [0.05, 0.1) is 16.8 Å². The van der Waals surface area contributed by atoms with Gasteiger partial charge in [0.2, 0.25) is 5.91 Å². The zero-order valence-electron chi connectivity index (χ0n) is 13.2. The number of nitrogens with zero attached hydrogens (tertiary/aromatic N) is 2. The van der Waals surface area contributed by atoms with Crippen molar-refractivity contribution in [1.82, 2.24) is 15.2 Å². The first-order chi connectivity index (χ1) is 11.5. The summed E-state index contributed by atoms with van der Waals surface area (Å²) in [5.41, 5.74) is 0.904. The van der Waals surface area contributed by atoms with Gasteiger partial charge in [-0.2, -0.15) is 0 Å². The van der Waals surface area contributed by atoms with Gasteiger partial charge in [0.15, 0.2) is 6.61 Å². The van der Waals surface area contributed by atoms with Crippen LogP contribution in [0.1, 0.15) is 17.8 Å². The highest BCUT2D eigenvalue weighted by molar-refractivity contribution is 7.18. The lowest BCUT2D eigenvalue weighted by atomic mass is 10.2. The number of hydrogen-bond acceptors (Lipinski definition) is 6. The molecular weight excluding hydrogens is 330 g/mol. The van der Waals surface area contributed by atoms with E-state index in [2.05, 4.69) is 10.3 Å². The molecule has 0 saturated carbocycles. The number of amides is 2. The molecule has 7 nitrogen and oxygen atoms in total. The Bertz CT molecular complexity index is 755. The van der Waals surface area contributed by atoms with Crippen LogP contribution in [0.2, 0.25) is 0 Å². The third-order valence-corrected chi connectivity index (χ3v) is 4.78. The van der Waals surface area contributed by atoms with Gasteiger partial charge in [0.1, 0.15) is 11.0 Å². The second kappa shape index (κ2) is 6.96. The summed E-state index contributed by atoms with van der Waals surface area (Å²) in [4.78, 5) is 40.9. The minimum Gasteiger partial charge on any atom is -0.454 e. The second-order valence-electron chi connectivity index (χ2n) is 5.59. The Morgan fingerprint density at radius 3 is 2.92 bits per heavy atom. The Hall–Kier alpha value is -2.48. The van der Waals surface area contributed by atoms with E-state index in [1.807, 2.05) is 24.3 Å². The minimum absolute atomic E-state index is 0.170. The number of likely N-dealkylation sites (N-methyl/N-ethyl adjacent to an activating group) is 1. The third kappa shape index (κ3) is 3.70. The molecule has 2 aromatic rings. The summed E-state index contributed by atoms with van der Waals surface area (Å²) in [6.45, 7) is 0.0164. The number of benzene rings is 1. The molecule has 0 bridgehead atoms. The first-order valence-corrected chi connectivity index (χ1v) is 8.39. The van der Waals surface area contributed by atoms with Gasteiger partial charge < -0.3 is 15.0 Å². The minimum atomic E-state index is -0.639. The molecule has 126 valence electrons. The van der Waals surface area contributed by atoms with E-state index in [4.69, 9.17) is 4.74 Å². The molecule has 0 radical (unpaired) electrons. The molecule has 2 heterocycles. The van der Waals surface area contributed by atoms with Crippen LogP contribution in [0.4, 0.5) is 0 Å². The van der Waals surface area contributed by atoms with Crippen LogP contribution in [-0.4, -0.2) is 47.4 Å². The number of rotatable bonds is 5. The van der Waals surface area contributed by atoms with Crippen molar-refractivity contribution in [2.24, 2.45) is 0 Å². The Labute approximate surface area is 142 Å². The molecule has 2 amide bonds. The predicted molar refractivity (Wildman–Crippen MR) is 88.2 cm³/mol. The van der Waals surface area contributed by atoms with Crippen molar-refractivity contribution in [3.05, 3.63) is 29.3 Å². The van der Waals surface area contributed by atoms with Gasteiger partial charge in [0.25, 0.3) is 5.91 Å². The number of esters is 1. The molecule has 1 aromatic carbocycles. The molecule has 1 aromatic heterocycles. The molecule has 1 fully saturated rings. The summed E-state index contributed by atoms with van der Waals surface area (Å²) in [6, 6.07) is 7.13. The van der Waals surface area contributed by atoms with Gasteiger partial charge in [-0.1, -0.05) is 12.1 Å². The summed E-state index contributed by atoms with van der Waals surface area (Å²) >= 11 is 1.53. The van der Waals surface area contributed by atoms with E-state index in [0.29, 0.717) is 19.4 Å². The topological polar surface area (TPSA) is 88.6 Å². The lowest BCUT2D eigenvalue weighted by Gasteiger charge is -2.16. The molecule has 1 atom stereocenters. The van der Waals surface area contributed by atoms with E-state index in [1.54, 1.807) is 7.05 Å². The number of nitrogens with one attached hydrogen (secondary N) is 1. The first kappa shape index (κ1) is 16.4. The van der Waals surface area contributed by atoms with Crippen molar-refractivity contribution in [3.63, 3.8) is 0 Å². The van der Waals surface area contributed by atoms with E-state index >= 15 is 0 Å². The summed E-state index contributed by atoms with van der Waals surface area (Å²) in [5.74, 6) is -1.05. The number of thiazole rings is 1. The summed E-state index contributed by atoms with van der Waals surface area (Å²) < 4.78 is 6.06. The molecule has 3 rings (SSSR count). The van der Waals surface area contributed by atoms with Crippen molar-refractivity contribution < 1.29 is 19.1 Å². The molecule has 1 aliphatic rings. The maximum Gasteiger partial charge on any atom is 0.329 e. The highest BCUT2D eigenvalue weighted by Gasteiger charge is 2.29. The van der Waals surface area contributed by atoms with Crippen LogP contribution in [0.5, 0.6) is 0 Å². The Morgan fingerprint density at radius 2 is 2.21 bits per heavy atom. The quantitative estimate of drug-likeness (QED) is 0.818. The van der Waals surface area contributed by atoms with Crippen LogP contribution < -0.4 is 5.32 Å². The average Bonchev–Trinajstić information content (AvgIpc) is 3.17. The Balaban J connectivity index is 1.51. The van der Waals surface area contributed by atoms with Gasteiger partial charge in [-0.3, -0.25) is 9.59 Å². The van der Waals surface area contributed by atoms with Crippen molar-refractivity contribution >= 4 is 39.3 Å². The second-order valence-corrected chi connectivity index (χ2v) is 6.71. The lowest BCUT2D eigenvalue weighted by Crippen LogP contribution is -2.37. The van der Waals surface area contributed by atoms with E-state index in [1.165, 1.54) is 16.2 Å². The van der Waals surface area contributed by atoms with Crippen LogP contribution in [0.15, 0.2) is 24.3 Å². The van der Waals surface area contributed by atoms with E-state index in [9.17, 15) is 14.4 Å². The van der Waals surface area contributed by atoms with Gasteiger partial charge in [-0.25, -0.2) is 9.78 Å². The highest BCUT2D eigenvalue weighted by atomic mass is 32.1. The normalized spacial score (nSPS) is 16.9. The van der Waals surface area contributed by atoms with E-state index in [-0.39, 0.29) is 18.4 Å². The first-order valence-electron chi connectivity index (χ1n) is 7.57. The van der Waals surface area contributed by atoms with Crippen molar-refractivity contribution in [2.45, 2.75) is 25.4 Å². The fourth-order valence-electron chi connectivity index (χ4n) is 2.41. The van der Waals surface area contributed by atoms with Gasteiger partial charge in [-0.15, -0.1) is 11.3 Å². The predicted octanol–water partition coefficient (Wildman–Crippen LogP) is 1.08. The standard InChI is InChI=1S/C16H17N3O4S/c1-19(8-14-18-10-4-2-3-5-12(10)24-14)15(21)9-23-16(22)11-6-7-13(20)17-11/h2-5,11H,6-9H2,1H3,(H,17,20)/t11-/m1/s1. The van der Waals surface area contributed by atoms with Crippen molar-refractivity contribution in [2.75, 3.05) is 13.7 Å². The van der Waals surface area contributed by atoms with Gasteiger partial charge >= 0.3 is 5.97 Å². The Kier molecular flexibility index (Phi) is 4.75. The van der Waals surface area contributed by atoms with Crippen molar-refractivity contribution in [1.29, 1.82) is 0 Å². The maximum atomic E-state index is 12.1. The molecule has 0 spiro atoms. The average molecular weight is 347 g/mol. The van der Waals surface area contributed by atoms with Gasteiger partial charge in [-0.05, 0) is 18.6 Å². The number of carbonyl (C=O) groups is 3. The number of aromatic nitrogens is 1. The molecule has 0 aliphatic carbocycles. The molecule has 1 aliphatic heterocycles. The van der Waals surface area contributed by atoms with Crippen LogP contribution in [0, 0.1) is 0 Å². The zero-order chi connectivity index (χ0) is 17.1. The third-order valence-electron chi connectivity index (χ3n) is 3.75. The van der Waals surface area contributed by atoms with Crippen molar-refractivity contribution in [3.8, 4) is 0 Å². The number of carbonyl (C=O) groups excluding carboxylic acids is 3. The molecule has 0 unspecified atom stereocenters. The largest absolute Gasteiger partial charge is 0.454 e. The number of hydrogen-bond donors (Lipinski definition) is 1. The number of fused-ring (bicyclic) bond motifs is 1. The maximum absolute atomic E-state index is 12.1. The van der Waals surface area contributed by atoms with Gasteiger partial charge in [0, 0.05) is 13.5 Å². The molecule has 1 saturated heterocycles. The number of ether oxygens (including phenoxy) is 1. The lowest BCUT2D eigenvalue weighted by molar-refractivity contribution is -0.153. The SMILES string of the molecule is CN(Cc1nc2ccccc2s1)C(=O)COC(=O)[C@H]1CCC(=O)N1. The molecular formula is C16H17N3O4S. The van der Waals surface area contributed by atoms with Crippen LogP contribution in [0.3, 0.4) is 0 Å². The summed E-state index contributed by atoms with van der Waals surface area (Å²) in [7, 11) is 1.64. The van der Waals surface area contributed by atoms with Crippen LogP contribution >= 0.6 is 11.3 Å². The fourth-order valence-corrected chi connectivity index (χ4v) is 3.43. The smallest absolute Gasteiger partial charge is 0.329 e. The monoisotopic (exact) mass is 347 g/mol. The molecule has 8 heteroatoms. The van der Waals surface area contributed by atoms with Crippen LogP contribution in [-0.2, 0) is 25.7 Å². The van der Waals surface area contributed by atoms with Crippen LogP contribution in [0.25, 0.3) is 10.2 Å². The Morgan fingerprint density at radius 1 is 1.42 bits per heavy atom. The van der Waals surface area contributed by atoms with E-state index in [0.717, 1.165) is 15.2 Å². The highest BCUT2D eigenvalue weighted by Crippen LogP contribution is 2.22. The molecule has 24 heavy (non-hydrogen) atoms. The summed E-state index contributed by atoms with van der Waals surface area (Å²) in [5, 5.41) is 3.34. The summed E-state index contributed by atoms with van der Waals surface area (Å²) in [6.07, 6.45) is 0.721. The zero-order valence-corrected chi connectivity index (χ0v) is 14.0. The fraction of sp³-hybridized carbons (Fsp3) is 0.375.